The van der Waals surface area contributed by atoms with Gasteiger partial charge in [-0.25, -0.2) is 4.79 Å². The first-order valence-electron chi connectivity index (χ1n) is 16.4. The molecule has 1 amide bonds. The highest BCUT2D eigenvalue weighted by molar-refractivity contribution is 5.95. The minimum Gasteiger partial charge on any atom is -0.442 e. The predicted octanol–water partition coefficient (Wildman–Crippen LogP) is 4.91. The highest BCUT2D eigenvalue weighted by Crippen LogP contribution is 2.43. The number of carbonyl (C=O) groups is 2. The van der Waals surface area contributed by atoms with Gasteiger partial charge >= 0.3 is 5.97 Å². The molecule has 0 saturated heterocycles. The Morgan fingerprint density at radius 1 is 0.723 bits per heavy atom. The van der Waals surface area contributed by atoms with E-state index in [-0.39, 0.29) is 11.9 Å². The van der Waals surface area contributed by atoms with Crippen molar-refractivity contribution in [3.8, 4) is 0 Å². The van der Waals surface area contributed by atoms with E-state index in [1.54, 1.807) is 0 Å². The number of esters is 1. The summed E-state index contributed by atoms with van der Waals surface area (Å²) in [4.78, 5) is 29.3. The number of rotatable bonds is 11. The number of fused-ring (bicyclic) bond motifs is 2. The van der Waals surface area contributed by atoms with Crippen molar-refractivity contribution < 1.29 is 14.3 Å². The summed E-state index contributed by atoms with van der Waals surface area (Å²) < 4.78 is 5.96. The largest absolute Gasteiger partial charge is 0.442 e. The zero-order chi connectivity index (χ0) is 33.0. The summed E-state index contributed by atoms with van der Waals surface area (Å²) >= 11 is 0. The van der Waals surface area contributed by atoms with Crippen molar-refractivity contribution in [2.45, 2.75) is 68.9 Å². The number of hydrogen-bond donors (Lipinski definition) is 3. The van der Waals surface area contributed by atoms with Crippen LogP contribution in [0.5, 0.6) is 0 Å². The van der Waals surface area contributed by atoms with Crippen LogP contribution in [0.25, 0.3) is 0 Å². The standard InChI is InChI=1S/C40H44N4O3/c1-28(41)27-44(40(35-19-7-4-8-20-35)25-32-15-11-12-16-33(32)26-40)36(45)21-22-37(46)47-38(29(2)42)43-39(34-17-5-3-6-18-34)23-30-13-9-10-14-31(30)24-39/h3-22,28-29,38,43H,23-27,41-42H2,1-2H3/b22-21-/t28-,29-,38?/m0/s1. The Bertz CT molecular complexity index is 1680. The van der Waals surface area contributed by atoms with Crippen LogP contribution in [0, 0.1) is 0 Å². The SMILES string of the molecule is C[C@H](N)CN(C(=O)/C=C\C(=O)OC(NC1(c2ccccc2)Cc2ccccc2C1)[C@H](C)N)C1(c2ccccc2)Cc2ccccc2C1. The molecule has 2 aliphatic carbocycles. The van der Waals surface area contributed by atoms with Crippen molar-refractivity contribution in [2.75, 3.05) is 6.54 Å². The summed E-state index contributed by atoms with van der Waals surface area (Å²) in [7, 11) is 0. The Morgan fingerprint density at radius 2 is 1.19 bits per heavy atom. The highest BCUT2D eigenvalue weighted by atomic mass is 16.6. The molecule has 47 heavy (non-hydrogen) atoms. The lowest BCUT2D eigenvalue weighted by Crippen LogP contribution is -2.56. The van der Waals surface area contributed by atoms with Crippen LogP contribution in [-0.2, 0) is 51.1 Å². The molecule has 1 unspecified atom stereocenters. The molecule has 5 N–H and O–H groups in total. The van der Waals surface area contributed by atoms with Crippen molar-refractivity contribution in [3.05, 3.63) is 155 Å². The molecule has 3 atom stereocenters. The number of nitrogens with zero attached hydrogens (tertiary/aromatic N) is 1. The maximum absolute atomic E-state index is 14.1. The molecule has 0 spiro atoms. The third-order valence-electron chi connectivity index (χ3n) is 9.58. The van der Waals surface area contributed by atoms with Crippen LogP contribution in [-0.4, -0.2) is 41.6 Å². The predicted molar refractivity (Wildman–Crippen MR) is 185 cm³/mol. The van der Waals surface area contributed by atoms with E-state index in [2.05, 4.69) is 53.8 Å². The molecule has 6 rings (SSSR count). The van der Waals surface area contributed by atoms with Crippen LogP contribution in [0.3, 0.4) is 0 Å². The maximum atomic E-state index is 14.1. The molecule has 0 fully saturated rings. The molecule has 4 aromatic rings. The van der Waals surface area contributed by atoms with E-state index in [0.717, 1.165) is 24.0 Å². The second-order valence-electron chi connectivity index (χ2n) is 13.2. The van der Waals surface area contributed by atoms with Crippen molar-refractivity contribution >= 4 is 11.9 Å². The van der Waals surface area contributed by atoms with E-state index >= 15 is 0 Å². The van der Waals surface area contributed by atoms with E-state index in [1.807, 2.05) is 79.4 Å². The van der Waals surface area contributed by atoms with E-state index in [0.29, 0.717) is 19.4 Å². The third kappa shape index (κ3) is 6.79. The van der Waals surface area contributed by atoms with Gasteiger partial charge in [0.2, 0.25) is 5.91 Å². The van der Waals surface area contributed by atoms with E-state index in [1.165, 1.54) is 34.4 Å². The van der Waals surface area contributed by atoms with Gasteiger partial charge in [-0.05, 0) is 60.1 Å². The Labute approximate surface area is 277 Å². The Hall–Kier alpha value is -4.56. The first-order chi connectivity index (χ1) is 22.7. The fourth-order valence-electron chi connectivity index (χ4n) is 7.35. The number of nitrogens with two attached hydrogens (primary N) is 2. The van der Waals surface area contributed by atoms with E-state index in [4.69, 9.17) is 16.2 Å². The molecule has 0 saturated carbocycles. The smallest absolute Gasteiger partial charge is 0.332 e. The summed E-state index contributed by atoms with van der Waals surface area (Å²) in [5.74, 6) is -0.940. The second-order valence-corrected chi connectivity index (χ2v) is 13.2. The van der Waals surface area contributed by atoms with Crippen LogP contribution < -0.4 is 16.8 Å². The van der Waals surface area contributed by atoms with Gasteiger partial charge in [0.05, 0.1) is 17.1 Å². The first kappa shape index (κ1) is 32.4. The van der Waals surface area contributed by atoms with Gasteiger partial charge in [-0.1, -0.05) is 109 Å². The molecule has 7 nitrogen and oxygen atoms in total. The maximum Gasteiger partial charge on any atom is 0.332 e. The molecular weight excluding hydrogens is 584 g/mol. The van der Waals surface area contributed by atoms with Crippen molar-refractivity contribution in [3.63, 3.8) is 0 Å². The van der Waals surface area contributed by atoms with Crippen LogP contribution in [0.4, 0.5) is 0 Å². The van der Waals surface area contributed by atoms with Gasteiger partial charge in [-0.3, -0.25) is 10.1 Å². The third-order valence-corrected chi connectivity index (χ3v) is 9.58. The second kappa shape index (κ2) is 13.7. The molecule has 2 aliphatic rings. The zero-order valence-electron chi connectivity index (χ0n) is 27.1. The lowest BCUT2D eigenvalue weighted by atomic mass is 9.84. The number of benzene rings is 4. The molecule has 0 radical (unpaired) electrons. The average molecular weight is 629 g/mol. The first-order valence-corrected chi connectivity index (χ1v) is 16.4. The zero-order valence-corrected chi connectivity index (χ0v) is 27.1. The minimum atomic E-state index is -0.795. The van der Waals surface area contributed by atoms with Gasteiger partial charge in [0, 0.05) is 37.6 Å². The van der Waals surface area contributed by atoms with E-state index in [9.17, 15) is 9.59 Å². The van der Waals surface area contributed by atoms with Crippen molar-refractivity contribution in [1.29, 1.82) is 0 Å². The van der Waals surface area contributed by atoms with Crippen molar-refractivity contribution in [2.24, 2.45) is 11.5 Å². The Morgan fingerprint density at radius 3 is 1.68 bits per heavy atom. The molecule has 0 bridgehead atoms. The molecule has 4 aromatic carbocycles. The number of nitrogens with one attached hydrogen (secondary N) is 1. The Balaban J connectivity index is 1.24. The lowest BCUT2D eigenvalue weighted by Gasteiger charge is -2.42. The highest BCUT2D eigenvalue weighted by Gasteiger charge is 2.46. The van der Waals surface area contributed by atoms with E-state index < -0.39 is 29.3 Å². The quantitative estimate of drug-likeness (QED) is 0.124. The normalized spacial score (nSPS) is 17.8. The van der Waals surface area contributed by atoms with Gasteiger partial charge in [0.1, 0.15) is 0 Å². The van der Waals surface area contributed by atoms with Gasteiger partial charge in [0.15, 0.2) is 6.23 Å². The topological polar surface area (TPSA) is 111 Å². The molecule has 0 aromatic heterocycles. The fourth-order valence-corrected chi connectivity index (χ4v) is 7.35. The number of carbonyl (C=O) groups excluding carboxylic acids is 2. The summed E-state index contributed by atoms with van der Waals surface area (Å²) in [5.41, 5.74) is 18.6. The minimum absolute atomic E-state index is 0.278. The Kier molecular flexibility index (Phi) is 9.41. The fraction of sp³-hybridized carbons (Fsp3) is 0.300. The van der Waals surface area contributed by atoms with Crippen LogP contribution in [0.1, 0.15) is 47.2 Å². The molecular formula is C40H44N4O3. The monoisotopic (exact) mass is 628 g/mol. The van der Waals surface area contributed by atoms with Crippen molar-refractivity contribution in [1.82, 2.24) is 10.2 Å². The molecule has 0 aliphatic heterocycles. The summed E-state index contributed by atoms with van der Waals surface area (Å²) in [5, 5.41) is 3.63. The molecule has 242 valence electrons. The lowest BCUT2D eigenvalue weighted by molar-refractivity contribution is -0.147. The van der Waals surface area contributed by atoms with Gasteiger partial charge in [-0.2, -0.15) is 0 Å². The van der Waals surface area contributed by atoms with Crippen LogP contribution in [0.15, 0.2) is 121 Å². The molecule has 7 heteroatoms. The summed E-state index contributed by atoms with van der Waals surface area (Å²) in [6.45, 7) is 4.03. The van der Waals surface area contributed by atoms with Crippen LogP contribution >= 0.6 is 0 Å². The van der Waals surface area contributed by atoms with Gasteiger partial charge < -0.3 is 21.1 Å². The number of hydrogen-bond acceptors (Lipinski definition) is 6. The van der Waals surface area contributed by atoms with Gasteiger partial charge in [0.25, 0.3) is 0 Å². The molecule has 0 heterocycles. The van der Waals surface area contributed by atoms with Crippen LogP contribution in [0.2, 0.25) is 0 Å². The van der Waals surface area contributed by atoms with Gasteiger partial charge in [-0.15, -0.1) is 0 Å². The summed E-state index contributed by atoms with van der Waals surface area (Å²) in [6, 6.07) is 36.2. The number of ether oxygens (including phenoxy) is 1. The average Bonchev–Trinajstić information content (AvgIpc) is 3.66. The number of amides is 1. The summed E-state index contributed by atoms with van der Waals surface area (Å²) in [6.07, 6.45) is 4.52.